The zero-order valence-electron chi connectivity index (χ0n) is 15.8. The van der Waals surface area contributed by atoms with Crippen molar-refractivity contribution in [2.75, 3.05) is 20.2 Å². The Bertz CT molecular complexity index is 955. The van der Waals surface area contributed by atoms with Crippen molar-refractivity contribution in [3.05, 3.63) is 58.6 Å². The topological polar surface area (TPSA) is 75.7 Å². The summed E-state index contributed by atoms with van der Waals surface area (Å²) in [5, 5.41) is 3.07. The van der Waals surface area contributed by atoms with Gasteiger partial charge in [-0.3, -0.25) is 4.79 Å². The minimum absolute atomic E-state index is 0.0843. The number of nitrogens with zero attached hydrogens (tertiary/aromatic N) is 1. The van der Waals surface area contributed by atoms with Gasteiger partial charge in [0.1, 0.15) is 5.75 Å². The summed E-state index contributed by atoms with van der Waals surface area (Å²) in [7, 11) is -2.03. The van der Waals surface area contributed by atoms with Gasteiger partial charge in [0, 0.05) is 13.1 Å². The molecule has 1 fully saturated rings. The zero-order chi connectivity index (χ0) is 20.3. The molecule has 150 valence electrons. The van der Waals surface area contributed by atoms with E-state index in [1.165, 1.54) is 22.5 Å². The van der Waals surface area contributed by atoms with Crippen molar-refractivity contribution in [3.8, 4) is 5.75 Å². The molecule has 0 spiro atoms. The Hall–Kier alpha value is -2.09. The van der Waals surface area contributed by atoms with Gasteiger partial charge in [0.25, 0.3) is 5.91 Å². The van der Waals surface area contributed by atoms with E-state index < -0.39 is 15.9 Å². The zero-order valence-corrected chi connectivity index (χ0v) is 17.4. The molecule has 1 atom stereocenters. The monoisotopic (exact) mass is 422 g/mol. The fraction of sp³-hybridized carbons (Fsp3) is 0.350. The summed E-state index contributed by atoms with van der Waals surface area (Å²) in [5.74, 6) is 0.303. The number of benzene rings is 2. The average molecular weight is 423 g/mol. The largest absolute Gasteiger partial charge is 0.497 e. The van der Waals surface area contributed by atoms with Crippen molar-refractivity contribution >= 4 is 27.5 Å². The average Bonchev–Trinajstić information content (AvgIpc) is 3.24. The molecule has 1 unspecified atom stereocenters. The van der Waals surface area contributed by atoms with E-state index in [1.54, 1.807) is 7.11 Å². The van der Waals surface area contributed by atoms with E-state index in [2.05, 4.69) is 5.32 Å². The van der Waals surface area contributed by atoms with Gasteiger partial charge in [-0.1, -0.05) is 23.7 Å². The molecule has 0 aliphatic carbocycles. The Morgan fingerprint density at radius 3 is 2.39 bits per heavy atom. The van der Waals surface area contributed by atoms with Gasteiger partial charge in [-0.15, -0.1) is 0 Å². The van der Waals surface area contributed by atoms with Crippen molar-refractivity contribution < 1.29 is 17.9 Å². The van der Waals surface area contributed by atoms with Crippen LogP contribution in [0.1, 0.15) is 41.7 Å². The number of halogens is 1. The van der Waals surface area contributed by atoms with Crippen molar-refractivity contribution in [2.45, 2.75) is 30.7 Å². The summed E-state index contributed by atoms with van der Waals surface area (Å²) >= 11 is 6.18. The Labute approximate surface area is 170 Å². The highest BCUT2D eigenvalue weighted by molar-refractivity contribution is 7.89. The molecule has 28 heavy (non-hydrogen) atoms. The van der Waals surface area contributed by atoms with Crippen molar-refractivity contribution in [1.29, 1.82) is 0 Å². The quantitative estimate of drug-likeness (QED) is 0.771. The lowest BCUT2D eigenvalue weighted by molar-refractivity contribution is 0.0940. The second-order valence-corrected chi connectivity index (χ2v) is 9.07. The summed E-state index contributed by atoms with van der Waals surface area (Å²) in [6.07, 6.45) is 1.69. The predicted octanol–water partition coefficient (Wildman–Crippen LogP) is 3.62. The van der Waals surface area contributed by atoms with Gasteiger partial charge in [0.05, 0.1) is 28.6 Å². The van der Waals surface area contributed by atoms with Crippen LogP contribution < -0.4 is 10.1 Å². The van der Waals surface area contributed by atoms with Crippen LogP contribution in [-0.4, -0.2) is 38.8 Å². The van der Waals surface area contributed by atoms with Gasteiger partial charge in [-0.05, 0) is 55.7 Å². The van der Waals surface area contributed by atoms with Gasteiger partial charge in [0.2, 0.25) is 10.0 Å². The first kappa shape index (κ1) is 20.6. The number of carbonyl (C=O) groups is 1. The van der Waals surface area contributed by atoms with Crippen LogP contribution >= 0.6 is 11.6 Å². The van der Waals surface area contributed by atoms with E-state index in [0.717, 1.165) is 24.2 Å². The normalized spacial score (nSPS) is 16.0. The van der Waals surface area contributed by atoms with Crippen LogP contribution in [0.3, 0.4) is 0 Å². The molecule has 0 bridgehead atoms. The van der Waals surface area contributed by atoms with Gasteiger partial charge >= 0.3 is 0 Å². The van der Waals surface area contributed by atoms with Gasteiger partial charge < -0.3 is 10.1 Å². The smallest absolute Gasteiger partial charge is 0.253 e. The highest BCUT2D eigenvalue weighted by Crippen LogP contribution is 2.26. The standard InChI is InChI=1S/C20H23ClN2O4S/c1-14(15-5-7-16(27-2)8-6-15)22-20(24)18-13-17(9-10-19(18)21)28(25,26)23-11-3-4-12-23/h5-10,13-14H,3-4,11-12H2,1-2H3,(H,22,24). The molecule has 6 nitrogen and oxygen atoms in total. The van der Waals surface area contributed by atoms with Crippen molar-refractivity contribution in [2.24, 2.45) is 0 Å². The maximum atomic E-state index is 12.8. The van der Waals surface area contributed by atoms with Crippen LogP contribution in [0.5, 0.6) is 5.75 Å². The minimum Gasteiger partial charge on any atom is -0.497 e. The third-order valence-electron chi connectivity index (χ3n) is 4.85. The molecule has 0 radical (unpaired) electrons. The molecule has 1 aliphatic heterocycles. The second-order valence-electron chi connectivity index (χ2n) is 6.72. The number of amides is 1. The Morgan fingerprint density at radius 2 is 1.79 bits per heavy atom. The van der Waals surface area contributed by atoms with Gasteiger partial charge in [-0.25, -0.2) is 8.42 Å². The molecule has 2 aromatic rings. The van der Waals surface area contributed by atoms with Crippen molar-refractivity contribution in [1.82, 2.24) is 9.62 Å². The lowest BCUT2D eigenvalue weighted by Gasteiger charge is -2.18. The van der Waals surface area contributed by atoms with Crippen LogP contribution in [0.25, 0.3) is 0 Å². The maximum absolute atomic E-state index is 12.8. The number of rotatable bonds is 6. The van der Waals surface area contributed by atoms with E-state index in [0.29, 0.717) is 13.1 Å². The van der Waals surface area contributed by atoms with Crippen LogP contribution in [0.4, 0.5) is 0 Å². The van der Waals surface area contributed by atoms with Crippen LogP contribution in [0, 0.1) is 0 Å². The molecule has 2 aromatic carbocycles. The third kappa shape index (κ3) is 4.32. The third-order valence-corrected chi connectivity index (χ3v) is 7.07. The van der Waals surface area contributed by atoms with E-state index in [9.17, 15) is 13.2 Å². The molecule has 8 heteroatoms. The predicted molar refractivity (Wildman–Crippen MR) is 108 cm³/mol. The van der Waals surface area contributed by atoms with Crippen LogP contribution in [0.15, 0.2) is 47.4 Å². The second kappa shape index (κ2) is 8.51. The number of ether oxygens (including phenoxy) is 1. The molecule has 1 saturated heterocycles. The summed E-state index contributed by atoms with van der Waals surface area (Å²) in [5.41, 5.74) is 1.04. The van der Waals surface area contributed by atoms with Crippen molar-refractivity contribution in [3.63, 3.8) is 0 Å². The first-order chi connectivity index (χ1) is 13.3. The number of hydrogen-bond donors (Lipinski definition) is 1. The Kier molecular flexibility index (Phi) is 6.27. The molecule has 1 N–H and O–H groups in total. The Morgan fingerprint density at radius 1 is 1.14 bits per heavy atom. The first-order valence-corrected chi connectivity index (χ1v) is 10.9. The number of methoxy groups -OCH3 is 1. The first-order valence-electron chi connectivity index (χ1n) is 9.07. The van der Waals surface area contributed by atoms with E-state index in [-0.39, 0.29) is 21.5 Å². The molecule has 3 rings (SSSR count). The fourth-order valence-corrected chi connectivity index (χ4v) is 4.91. The van der Waals surface area contributed by atoms with Gasteiger partial charge in [0.15, 0.2) is 0 Å². The van der Waals surface area contributed by atoms with Gasteiger partial charge in [-0.2, -0.15) is 4.31 Å². The minimum atomic E-state index is -3.62. The maximum Gasteiger partial charge on any atom is 0.253 e. The molecular weight excluding hydrogens is 400 g/mol. The molecule has 1 aliphatic rings. The lowest BCUT2D eigenvalue weighted by atomic mass is 10.1. The van der Waals surface area contributed by atoms with E-state index >= 15 is 0 Å². The number of hydrogen-bond acceptors (Lipinski definition) is 4. The Balaban J connectivity index is 1.81. The molecule has 0 aromatic heterocycles. The van der Waals surface area contributed by atoms with E-state index in [4.69, 9.17) is 16.3 Å². The number of sulfonamides is 1. The highest BCUT2D eigenvalue weighted by Gasteiger charge is 2.28. The summed E-state index contributed by atoms with van der Waals surface area (Å²) < 4.78 is 32.1. The summed E-state index contributed by atoms with van der Waals surface area (Å²) in [6.45, 7) is 2.85. The summed E-state index contributed by atoms with van der Waals surface area (Å²) in [6, 6.07) is 11.3. The fourth-order valence-electron chi connectivity index (χ4n) is 3.17. The molecule has 0 saturated carbocycles. The number of nitrogens with one attached hydrogen (secondary N) is 1. The van der Waals surface area contributed by atoms with Crippen LogP contribution in [-0.2, 0) is 10.0 Å². The SMILES string of the molecule is COc1ccc(C(C)NC(=O)c2cc(S(=O)(=O)N3CCCC3)ccc2Cl)cc1. The van der Waals surface area contributed by atoms with E-state index in [1.807, 2.05) is 31.2 Å². The highest BCUT2D eigenvalue weighted by atomic mass is 35.5. The summed E-state index contributed by atoms with van der Waals surface area (Å²) in [4.78, 5) is 12.8. The molecular formula is C20H23ClN2O4S. The molecule has 1 heterocycles. The lowest BCUT2D eigenvalue weighted by Crippen LogP contribution is -2.29. The number of carbonyl (C=O) groups excluding carboxylic acids is 1. The molecule has 1 amide bonds. The van der Waals surface area contributed by atoms with Crippen LogP contribution in [0.2, 0.25) is 5.02 Å².